The highest BCUT2D eigenvalue weighted by molar-refractivity contribution is 7.95. The normalized spacial score (nSPS) is 11.9. The molecule has 1 aromatic heterocycles. The topological polar surface area (TPSA) is 101 Å². The molecule has 2 rings (SSSR count). The maximum Gasteiger partial charge on any atom is 0.324 e. The van der Waals surface area contributed by atoms with Crippen molar-refractivity contribution in [3.63, 3.8) is 0 Å². The number of hydrogen-bond acceptors (Lipinski definition) is 6. The second-order valence-electron chi connectivity index (χ2n) is 4.01. The second kappa shape index (κ2) is 6.05. The third-order valence-electron chi connectivity index (χ3n) is 2.59. The molecule has 0 saturated heterocycles. The Balaban J connectivity index is 2.46. The number of nitrogens with zero attached hydrogens (tertiary/aromatic N) is 2. The lowest BCUT2D eigenvalue weighted by atomic mass is 10.3. The summed E-state index contributed by atoms with van der Waals surface area (Å²) in [5.41, 5.74) is 0. The van der Waals surface area contributed by atoms with Crippen molar-refractivity contribution in [1.29, 1.82) is 5.26 Å². The molecule has 0 fully saturated rings. The van der Waals surface area contributed by atoms with Crippen LogP contribution in [-0.2, 0) is 9.84 Å². The van der Waals surface area contributed by atoms with Crippen LogP contribution in [0.1, 0.15) is 4.88 Å². The van der Waals surface area contributed by atoms with Gasteiger partial charge in [0.2, 0.25) is 9.84 Å². The number of allylic oxidation sites excluding steroid dienone is 1. The Morgan fingerprint density at radius 1 is 1.27 bits per heavy atom. The molecule has 0 aliphatic carbocycles. The number of thiophene rings is 1. The predicted octanol–water partition coefficient (Wildman–Crippen LogP) is 3.13. The fourth-order valence-electron chi connectivity index (χ4n) is 1.56. The van der Waals surface area contributed by atoms with E-state index in [2.05, 4.69) is 0 Å². The Kier molecular flexibility index (Phi) is 4.35. The molecule has 9 heteroatoms. The van der Waals surface area contributed by atoms with E-state index in [1.165, 1.54) is 12.1 Å². The first-order valence-corrected chi connectivity index (χ1v) is 8.01. The molecule has 0 bridgehead atoms. The molecule has 2 aromatic rings. The van der Waals surface area contributed by atoms with Crippen molar-refractivity contribution in [1.82, 2.24) is 0 Å². The lowest BCUT2D eigenvalue weighted by molar-refractivity contribution is -0.380. The van der Waals surface area contributed by atoms with Crippen LogP contribution in [0.3, 0.4) is 0 Å². The largest absolute Gasteiger partial charge is 0.324 e. The number of halogens is 1. The van der Waals surface area contributed by atoms with E-state index in [9.17, 15) is 22.9 Å². The van der Waals surface area contributed by atoms with Crippen LogP contribution in [0.2, 0.25) is 0 Å². The Bertz CT molecular complexity index is 893. The fourth-order valence-corrected chi connectivity index (χ4v) is 3.55. The highest BCUT2D eigenvalue weighted by atomic mass is 32.2. The molecule has 0 radical (unpaired) electrons. The highest BCUT2D eigenvalue weighted by Crippen LogP contribution is 2.28. The summed E-state index contributed by atoms with van der Waals surface area (Å²) in [6.45, 7) is 0. The smallest absolute Gasteiger partial charge is 0.258 e. The van der Waals surface area contributed by atoms with Gasteiger partial charge in [0.25, 0.3) is 0 Å². The number of benzene rings is 1. The van der Waals surface area contributed by atoms with Crippen molar-refractivity contribution in [3.05, 3.63) is 62.1 Å². The van der Waals surface area contributed by atoms with Crippen LogP contribution in [0.15, 0.2) is 46.2 Å². The van der Waals surface area contributed by atoms with E-state index in [0.717, 1.165) is 41.7 Å². The third-order valence-corrected chi connectivity index (χ3v) is 5.25. The number of nitriles is 1. The van der Waals surface area contributed by atoms with E-state index in [0.29, 0.717) is 0 Å². The lowest BCUT2D eigenvalue weighted by Crippen LogP contribution is -2.03. The summed E-state index contributed by atoms with van der Waals surface area (Å²) >= 11 is 0.747. The van der Waals surface area contributed by atoms with Crippen molar-refractivity contribution in [2.24, 2.45) is 0 Å². The van der Waals surface area contributed by atoms with E-state index >= 15 is 0 Å². The minimum Gasteiger partial charge on any atom is -0.258 e. The minimum atomic E-state index is -4.11. The van der Waals surface area contributed by atoms with Crippen LogP contribution >= 0.6 is 11.3 Å². The van der Waals surface area contributed by atoms with Crippen molar-refractivity contribution >= 4 is 32.3 Å². The summed E-state index contributed by atoms with van der Waals surface area (Å²) in [6, 6.07) is 8.16. The monoisotopic (exact) mass is 338 g/mol. The van der Waals surface area contributed by atoms with Gasteiger partial charge < -0.3 is 0 Å². The van der Waals surface area contributed by atoms with E-state index in [1.807, 2.05) is 0 Å². The Morgan fingerprint density at radius 3 is 2.41 bits per heavy atom. The number of nitro groups is 1. The molecule has 0 amide bonds. The third kappa shape index (κ3) is 3.19. The van der Waals surface area contributed by atoms with Crippen LogP contribution < -0.4 is 0 Å². The maximum atomic E-state index is 12.8. The minimum absolute atomic E-state index is 0.164. The van der Waals surface area contributed by atoms with Crippen LogP contribution in [0, 0.1) is 27.3 Å². The summed E-state index contributed by atoms with van der Waals surface area (Å²) in [5, 5.41) is 19.5. The second-order valence-corrected chi connectivity index (χ2v) is 7.02. The van der Waals surface area contributed by atoms with Crippen LogP contribution in [0.25, 0.3) is 6.08 Å². The quantitative estimate of drug-likeness (QED) is 0.369. The molecule has 0 atom stereocenters. The first-order valence-electron chi connectivity index (χ1n) is 5.71. The van der Waals surface area contributed by atoms with Gasteiger partial charge in [0, 0.05) is 10.9 Å². The molecule has 0 spiro atoms. The van der Waals surface area contributed by atoms with Gasteiger partial charge in [-0.1, -0.05) is 11.3 Å². The van der Waals surface area contributed by atoms with Gasteiger partial charge in [-0.15, -0.1) is 0 Å². The predicted molar refractivity (Wildman–Crippen MR) is 78.1 cm³/mol. The highest BCUT2D eigenvalue weighted by Gasteiger charge is 2.21. The molecule has 0 unspecified atom stereocenters. The summed E-state index contributed by atoms with van der Waals surface area (Å²) in [6.07, 6.45) is 1.05. The standard InChI is InChI=1S/C13H7FN2O4S2/c14-9-1-4-11(5-2-9)22(19,20)12(8-15)7-10-3-6-13(21-10)16(17)18/h1-7H/b12-7+. The molecular weight excluding hydrogens is 331 g/mol. The number of hydrogen-bond donors (Lipinski definition) is 0. The van der Waals surface area contributed by atoms with Crippen LogP contribution in [0.5, 0.6) is 0 Å². The Morgan fingerprint density at radius 2 is 1.91 bits per heavy atom. The number of rotatable bonds is 4. The Labute approximate surface area is 128 Å². The van der Waals surface area contributed by atoms with Crippen molar-refractivity contribution in [2.75, 3.05) is 0 Å². The average Bonchev–Trinajstić information content (AvgIpc) is 2.94. The lowest BCUT2D eigenvalue weighted by Gasteiger charge is -2.02. The van der Waals surface area contributed by atoms with Crippen molar-refractivity contribution in [3.8, 4) is 6.07 Å². The van der Waals surface area contributed by atoms with Gasteiger partial charge in [-0.2, -0.15) is 5.26 Å². The molecule has 0 aliphatic heterocycles. The molecule has 0 N–H and O–H groups in total. The van der Waals surface area contributed by atoms with Gasteiger partial charge in [0.05, 0.1) is 9.82 Å². The summed E-state index contributed by atoms with van der Waals surface area (Å²) < 4.78 is 37.4. The molecule has 1 heterocycles. The molecule has 6 nitrogen and oxygen atoms in total. The molecular formula is C13H7FN2O4S2. The Hall–Kier alpha value is -2.57. The van der Waals surface area contributed by atoms with E-state index in [-0.39, 0.29) is 14.8 Å². The van der Waals surface area contributed by atoms with E-state index in [1.54, 1.807) is 6.07 Å². The van der Waals surface area contributed by atoms with Gasteiger partial charge in [-0.25, -0.2) is 12.8 Å². The van der Waals surface area contributed by atoms with Crippen molar-refractivity contribution < 1.29 is 17.7 Å². The zero-order valence-corrected chi connectivity index (χ0v) is 12.4. The summed E-state index contributed by atoms with van der Waals surface area (Å²) in [7, 11) is -4.11. The molecule has 0 aliphatic rings. The van der Waals surface area contributed by atoms with Crippen LogP contribution in [0.4, 0.5) is 9.39 Å². The van der Waals surface area contributed by atoms with Gasteiger partial charge >= 0.3 is 5.00 Å². The van der Waals surface area contributed by atoms with Gasteiger partial charge in [0.15, 0.2) is 4.91 Å². The molecule has 22 heavy (non-hydrogen) atoms. The van der Waals surface area contributed by atoms with Gasteiger partial charge in [-0.3, -0.25) is 10.1 Å². The SMILES string of the molecule is N#C/C(=C\c1ccc([N+](=O)[O-])s1)S(=O)(=O)c1ccc(F)cc1. The van der Waals surface area contributed by atoms with E-state index in [4.69, 9.17) is 5.26 Å². The van der Waals surface area contributed by atoms with Gasteiger partial charge in [-0.05, 0) is 36.4 Å². The molecule has 1 aromatic carbocycles. The van der Waals surface area contributed by atoms with Crippen molar-refractivity contribution in [2.45, 2.75) is 4.90 Å². The number of sulfone groups is 1. The van der Waals surface area contributed by atoms with E-state index < -0.39 is 25.5 Å². The molecule has 112 valence electrons. The summed E-state index contributed by atoms with van der Waals surface area (Å²) in [4.78, 5) is 9.44. The maximum absolute atomic E-state index is 12.8. The average molecular weight is 338 g/mol. The zero-order chi connectivity index (χ0) is 16.3. The fraction of sp³-hybridized carbons (Fsp3) is 0. The summed E-state index contributed by atoms with van der Waals surface area (Å²) in [5.74, 6) is -0.602. The van der Waals surface area contributed by atoms with Gasteiger partial charge in [0.1, 0.15) is 11.9 Å². The first kappa shape index (κ1) is 15.8. The zero-order valence-electron chi connectivity index (χ0n) is 10.8. The van der Waals surface area contributed by atoms with Crippen LogP contribution in [-0.4, -0.2) is 13.3 Å². The molecule has 0 saturated carbocycles. The first-order chi connectivity index (χ1) is 10.3.